The fraction of sp³-hybridized carbons (Fsp3) is 0. The molecule has 0 spiro atoms. The highest BCUT2D eigenvalue weighted by molar-refractivity contribution is 6.10. The molecule has 114 valence electrons. The van der Waals surface area contributed by atoms with E-state index in [9.17, 15) is 4.79 Å². The molecular formula is C19H12N4O. The van der Waals surface area contributed by atoms with E-state index in [0.29, 0.717) is 5.65 Å². The van der Waals surface area contributed by atoms with Crippen molar-refractivity contribution in [2.24, 2.45) is 0 Å². The van der Waals surface area contributed by atoms with E-state index in [4.69, 9.17) is 0 Å². The molecule has 0 bridgehead atoms. The van der Waals surface area contributed by atoms with E-state index in [2.05, 4.69) is 27.1 Å². The van der Waals surface area contributed by atoms with Gasteiger partial charge in [0.25, 0.3) is 5.56 Å². The molecule has 0 amide bonds. The summed E-state index contributed by atoms with van der Waals surface area (Å²) in [4.78, 5) is 23.6. The normalized spacial score (nSPS) is 12.6. The molecule has 0 aliphatic heterocycles. The first-order chi connectivity index (χ1) is 11.8. The van der Waals surface area contributed by atoms with Crippen LogP contribution in [0.3, 0.4) is 0 Å². The van der Waals surface area contributed by atoms with Gasteiger partial charge in [0.15, 0.2) is 0 Å². The van der Waals surface area contributed by atoms with Crippen molar-refractivity contribution in [1.82, 2.24) is 19.4 Å². The maximum Gasteiger partial charge on any atom is 0.292 e. The van der Waals surface area contributed by atoms with Gasteiger partial charge in [-0.1, -0.05) is 24.3 Å². The second kappa shape index (κ2) is 4.76. The van der Waals surface area contributed by atoms with Crippen LogP contribution in [0.5, 0.6) is 0 Å². The van der Waals surface area contributed by atoms with Crippen LogP contribution in [-0.4, -0.2) is 19.4 Å². The average molecular weight is 312 g/mol. The second-order valence-electron chi connectivity index (χ2n) is 5.68. The summed E-state index contributed by atoms with van der Waals surface area (Å²) in [5.41, 5.74) is 3.07. The van der Waals surface area contributed by atoms with Gasteiger partial charge in [-0.15, -0.1) is 0 Å². The number of benzene rings is 1. The van der Waals surface area contributed by atoms with Crippen LogP contribution >= 0.6 is 0 Å². The Hall–Kier alpha value is -3.47. The van der Waals surface area contributed by atoms with Gasteiger partial charge in [-0.25, -0.2) is 4.98 Å². The lowest BCUT2D eigenvalue weighted by Gasteiger charge is -1.98. The lowest BCUT2D eigenvalue weighted by atomic mass is 10.1. The lowest BCUT2D eigenvalue weighted by molar-refractivity contribution is 1.17. The van der Waals surface area contributed by atoms with Crippen LogP contribution in [0.2, 0.25) is 0 Å². The lowest BCUT2D eigenvalue weighted by Crippen LogP contribution is -2.13. The SMILES string of the molecule is O=c1[nH]c2c3ccccc3/c(=C\c3ccncc3)c2n2ccnc12. The van der Waals surface area contributed by atoms with Crippen LogP contribution < -0.4 is 10.8 Å². The van der Waals surface area contributed by atoms with E-state index < -0.39 is 0 Å². The van der Waals surface area contributed by atoms with Crippen LogP contribution in [0, 0.1) is 0 Å². The Kier molecular flexibility index (Phi) is 2.58. The fourth-order valence-corrected chi connectivity index (χ4v) is 3.30. The third kappa shape index (κ3) is 1.72. The second-order valence-corrected chi connectivity index (χ2v) is 5.68. The molecule has 0 unspecified atom stereocenters. The standard InChI is InChI=1S/C19H12N4O/c24-19-18-21-9-10-23(18)17-15(11-12-5-7-20-8-6-12)13-3-1-2-4-14(13)16(17)22-19/h1-11H,(H,22,24)/b15-11+. The van der Waals surface area contributed by atoms with Crippen molar-refractivity contribution in [3.05, 3.63) is 82.3 Å². The number of fused-ring (bicyclic) bond motifs is 5. The van der Waals surface area contributed by atoms with Crippen molar-refractivity contribution in [2.45, 2.75) is 0 Å². The minimum Gasteiger partial charge on any atom is -0.317 e. The molecule has 24 heavy (non-hydrogen) atoms. The van der Waals surface area contributed by atoms with Gasteiger partial charge >= 0.3 is 0 Å². The quantitative estimate of drug-likeness (QED) is 0.516. The maximum atomic E-state index is 12.3. The Balaban J connectivity index is 2.10. The number of aromatic amines is 1. The van der Waals surface area contributed by atoms with Gasteiger partial charge in [0, 0.05) is 35.4 Å². The number of rotatable bonds is 1. The monoisotopic (exact) mass is 312 g/mol. The highest BCUT2D eigenvalue weighted by Gasteiger charge is 2.13. The molecule has 3 heterocycles. The summed E-state index contributed by atoms with van der Waals surface area (Å²) in [6, 6.07) is 12.0. The van der Waals surface area contributed by atoms with Gasteiger partial charge in [-0.05, 0) is 29.2 Å². The van der Waals surface area contributed by atoms with Gasteiger partial charge in [-0.3, -0.25) is 14.2 Å². The molecule has 0 aliphatic rings. The molecule has 2 aromatic carbocycles. The summed E-state index contributed by atoms with van der Waals surface area (Å²) in [7, 11) is 0. The number of nitrogens with zero attached hydrogens (tertiary/aromatic N) is 3. The summed E-state index contributed by atoms with van der Waals surface area (Å²) < 4.78 is 1.86. The summed E-state index contributed by atoms with van der Waals surface area (Å²) in [6.07, 6.45) is 9.14. The van der Waals surface area contributed by atoms with Crippen LogP contribution in [0.15, 0.2) is 66.0 Å². The van der Waals surface area contributed by atoms with Gasteiger partial charge in [0.1, 0.15) is 0 Å². The van der Waals surface area contributed by atoms with E-state index >= 15 is 0 Å². The summed E-state index contributed by atoms with van der Waals surface area (Å²) >= 11 is 0. The van der Waals surface area contributed by atoms with Gasteiger partial charge in [-0.2, -0.15) is 0 Å². The van der Waals surface area contributed by atoms with Crippen LogP contribution in [0.4, 0.5) is 0 Å². The van der Waals surface area contributed by atoms with Crippen LogP contribution in [-0.2, 0) is 0 Å². The number of hydrogen-bond donors (Lipinski definition) is 1. The number of nitrogens with one attached hydrogen (secondary N) is 1. The first kappa shape index (κ1) is 13.0. The maximum absolute atomic E-state index is 12.3. The minimum atomic E-state index is -0.182. The van der Waals surface area contributed by atoms with Gasteiger partial charge in [0.2, 0.25) is 5.65 Å². The van der Waals surface area contributed by atoms with Crippen LogP contribution in [0.1, 0.15) is 5.56 Å². The molecule has 5 aromatic rings. The highest BCUT2D eigenvalue weighted by Crippen LogP contribution is 2.22. The molecule has 0 radical (unpaired) electrons. The summed E-state index contributed by atoms with van der Waals surface area (Å²) in [5, 5.41) is 3.19. The molecule has 3 aromatic heterocycles. The van der Waals surface area contributed by atoms with Crippen molar-refractivity contribution in [2.75, 3.05) is 0 Å². The zero-order chi connectivity index (χ0) is 16.1. The zero-order valence-corrected chi connectivity index (χ0v) is 12.6. The Bertz CT molecular complexity index is 1320. The van der Waals surface area contributed by atoms with Crippen molar-refractivity contribution >= 4 is 33.5 Å². The average Bonchev–Trinajstić information content (AvgIpc) is 3.21. The number of hydrogen-bond acceptors (Lipinski definition) is 3. The smallest absolute Gasteiger partial charge is 0.292 e. The number of H-pyrrole nitrogens is 1. The van der Waals surface area contributed by atoms with Crippen LogP contribution in [0.25, 0.3) is 33.5 Å². The van der Waals surface area contributed by atoms with Crippen molar-refractivity contribution in [1.29, 1.82) is 0 Å². The summed E-state index contributed by atoms with van der Waals surface area (Å²) in [5.74, 6) is 0. The van der Waals surface area contributed by atoms with E-state index in [1.54, 1.807) is 18.6 Å². The van der Waals surface area contributed by atoms with Gasteiger partial charge in [0.05, 0.1) is 11.0 Å². The number of imidazole rings is 1. The van der Waals surface area contributed by atoms with Crippen molar-refractivity contribution in [3.8, 4) is 0 Å². The molecule has 5 nitrogen and oxygen atoms in total. The predicted molar refractivity (Wildman–Crippen MR) is 93.8 cm³/mol. The minimum absolute atomic E-state index is 0.182. The first-order valence-electron chi connectivity index (χ1n) is 7.64. The fourth-order valence-electron chi connectivity index (χ4n) is 3.30. The van der Waals surface area contributed by atoms with E-state index in [1.165, 1.54) is 0 Å². The molecular weight excluding hydrogens is 300 g/mol. The molecule has 0 saturated carbocycles. The Labute approximate surface area is 135 Å². The molecule has 5 rings (SSSR count). The van der Waals surface area contributed by atoms with E-state index in [-0.39, 0.29) is 5.56 Å². The zero-order valence-electron chi connectivity index (χ0n) is 12.6. The third-order valence-electron chi connectivity index (χ3n) is 4.32. The molecule has 0 saturated heterocycles. The van der Waals surface area contributed by atoms with Crippen molar-refractivity contribution in [3.63, 3.8) is 0 Å². The highest BCUT2D eigenvalue weighted by atomic mass is 16.1. The van der Waals surface area contributed by atoms with Gasteiger partial charge < -0.3 is 4.98 Å². The number of pyridine rings is 1. The Morgan fingerprint density at radius 3 is 2.62 bits per heavy atom. The molecule has 0 atom stereocenters. The molecule has 0 aliphatic carbocycles. The molecule has 1 N–H and O–H groups in total. The summed E-state index contributed by atoms with van der Waals surface area (Å²) in [6.45, 7) is 0. The largest absolute Gasteiger partial charge is 0.317 e. The van der Waals surface area contributed by atoms with E-state index in [0.717, 1.165) is 32.6 Å². The first-order valence-corrected chi connectivity index (χ1v) is 7.64. The predicted octanol–water partition coefficient (Wildman–Crippen LogP) is 2.27. The topological polar surface area (TPSA) is 63.0 Å². The number of aromatic nitrogens is 4. The molecule has 5 heteroatoms. The Morgan fingerprint density at radius 2 is 1.79 bits per heavy atom. The third-order valence-corrected chi connectivity index (χ3v) is 4.32. The Morgan fingerprint density at radius 1 is 1.00 bits per heavy atom. The van der Waals surface area contributed by atoms with E-state index in [1.807, 2.05) is 40.9 Å². The van der Waals surface area contributed by atoms with Crippen molar-refractivity contribution < 1.29 is 0 Å². The molecule has 0 fully saturated rings.